The average Bonchev–Trinajstić information content (AvgIpc) is 2.87. The molecule has 0 aliphatic rings. The first-order chi connectivity index (χ1) is 18.2. The molecule has 0 spiro atoms. The lowest BCUT2D eigenvalue weighted by atomic mass is 10.1. The Morgan fingerprint density at radius 2 is 1.54 bits per heavy atom. The lowest BCUT2D eigenvalue weighted by Crippen LogP contribution is -2.54. The molecule has 0 aliphatic carbocycles. The Kier molecular flexibility index (Phi) is 9.69. The molecule has 10 heteroatoms. The predicted molar refractivity (Wildman–Crippen MR) is 157 cm³/mol. The van der Waals surface area contributed by atoms with Crippen molar-refractivity contribution < 1.29 is 18.0 Å². The van der Waals surface area contributed by atoms with Gasteiger partial charge >= 0.3 is 0 Å². The first-order valence-corrected chi connectivity index (χ1v) is 14.6. The van der Waals surface area contributed by atoms with E-state index < -0.39 is 34.1 Å². The van der Waals surface area contributed by atoms with E-state index in [-0.39, 0.29) is 33.1 Å². The van der Waals surface area contributed by atoms with Gasteiger partial charge in [0, 0.05) is 12.1 Å². The second-order valence-electron chi connectivity index (χ2n) is 10.3. The van der Waals surface area contributed by atoms with Crippen LogP contribution in [0.4, 0.5) is 5.69 Å². The normalized spacial score (nSPS) is 12.5. The second-order valence-corrected chi connectivity index (χ2v) is 13.0. The summed E-state index contributed by atoms with van der Waals surface area (Å²) in [6, 6.07) is 19.0. The summed E-state index contributed by atoms with van der Waals surface area (Å²) >= 11 is 12.7. The molecular weight excluding hydrogens is 557 g/mol. The zero-order valence-electron chi connectivity index (χ0n) is 22.6. The number of nitrogens with zero attached hydrogens (tertiary/aromatic N) is 2. The molecule has 1 N–H and O–H groups in total. The van der Waals surface area contributed by atoms with Crippen molar-refractivity contribution in [3.8, 4) is 0 Å². The molecule has 0 saturated carbocycles. The van der Waals surface area contributed by atoms with E-state index in [1.54, 1.807) is 31.2 Å². The number of carbonyl (C=O) groups is 2. The first kappa shape index (κ1) is 30.5. The standard InChI is InChI=1S/C29H33Cl2N3O4S/c1-20-14-16-22(17-15-20)18-33(21(2)28(36)32-29(3,4)5)26(35)19-34(25-13-9-12-24(30)27(25)31)39(37,38)23-10-7-6-8-11-23/h6-17,21H,18-19H2,1-5H3,(H,32,36)/t21-/m1/s1. The minimum Gasteiger partial charge on any atom is -0.350 e. The largest absolute Gasteiger partial charge is 0.350 e. The van der Waals surface area contributed by atoms with Gasteiger partial charge in [-0.3, -0.25) is 13.9 Å². The van der Waals surface area contributed by atoms with E-state index in [4.69, 9.17) is 23.2 Å². The Labute approximate surface area is 240 Å². The van der Waals surface area contributed by atoms with Crippen molar-refractivity contribution in [3.05, 3.63) is 94.0 Å². The van der Waals surface area contributed by atoms with Gasteiger partial charge in [-0.1, -0.05) is 77.3 Å². The maximum atomic E-state index is 13.9. The summed E-state index contributed by atoms with van der Waals surface area (Å²) in [6.07, 6.45) is 0. The smallest absolute Gasteiger partial charge is 0.264 e. The van der Waals surface area contributed by atoms with E-state index in [1.807, 2.05) is 52.0 Å². The fraction of sp³-hybridized carbons (Fsp3) is 0.310. The van der Waals surface area contributed by atoms with Crippen LogP contribution in [0.1, 0.15) is 38.8 Å². The number of carbonyl (C=O) groups excluding carboxylic acids is 2. The molecule has 3 aromatic rings. The lowest BCUT2D eigenvalue weighted by Gasteiger charge is -2.33. The first-order valence-electron chi connectivity index (χ1n) is 12.4. The van der Waals surface area contributed by atoms with E-state index in [9.17, 15) is 18.0 Å². The predicted octanol–water partition coefficient (Wildman–Crippen LogP) is 5.83. The highest BCUT2D eigenvalue weighted by Crippen LogP contribution is 2.35. The molecule has 39 heavy (non-hydrogen) atoms. The Morgan fingerprint density at radius 1 is 0.923 bits per heavy atom. The molecule has 3 rings (SSSR count). The minimum absolute atomic E-state index is 0.00455. The van der Waals surface area contributed by atoms with Crippen molar-refractivity contribution in [1.82, 2.24) is 10.2 Å². The van der Waals surface area contributed by atoms with Crippen LogP contribution in [0.25, 0.3) is 0 Å². The van der Waals surface area contributed by atoms with Crippen LogP contribution >= 0.6 is 23.2 Å². The molecule has 0 heterocycles. The van der Waals surface area contributed by atoms with E-state index in [2.05, 4.69) is 5.32 Å². The summed E-state index contributed by atoms with van der Waals surface area (Å²) < 4.78 is 28.6. The third-order valence-corrected chi connectivity index (χ3v) is 8.53. The molecule has 0 aliphatic heterocycles. The van der Waals surface area contributed by atoms with E-state index >= 15 is 0 Å². The van der Waals surface area contributed by atoms with Crippen LogP contribution in [0.15, 0.2) is 77.7 Å². The van der Waals surface area contributed by atoms with Gasteiger partial charge in [0.1, 0.15) is 12.6 Å². The molecule has 1 atom stereocenters. The van der Waals surface area contributed by atoms with Crippen molar-refractivity contribution in [3.63, 3.8) is 0 Å². The molecular formula is C29H33Cl2N3O4S. The van der Waals surface area contributed by atoms with E-state index in [1.165, 1.54) is 29.2 Å². The number of halogens is 2. The van der Waals surface area contributed by atoms with Crippen molar-refractivity contribution in [2.45, 2.75) is 57.6 Å². The van der Waals surface area contributed by atoms with Gasteiger partial charge in [0.15, 0.2) is 0 Å². The molecule has 2 amide bonds. The molecule has 7 nitrogen and oxygen atoms in total. The van der Waals surface area contributed by atoms with Crippen LogP contribution in [-0.2, 0) is 26.2 Å². The summed E-state index contributed by atoms with van der Waals surface area (Å²) in [5.41, 5.74) is 1.37. The van der Waals surface area contributed by atoms with E-state index in [0.29, 0.717) is 0 Å². The zero-order chi connectivity index (χ0) is 29.0. The number of hydrogen-bond donors (Lipinski definition) is 1. The summed E-state index contributed by atoms with van der Waals surface area (Å²) in [5, 5.41) is 3.04. The van der Waals surface area contributed by atoms with Gasteiger partial charge in [0.25, 0.3) is 10.0 Å². The summed E-state index contributed by atoms with van der Waals surface area (Å²) in [5.74, 6) is -0.941. The van der Waals surface area contributed by atoms with Gasteiger partial charge in [-0.15, -0.1) is 0 Å². The maximum Gasteiger partial charge on any atom is 0.264 e. The Morgan fingerprint density at radius 3 is 2.13 bits per heavy atom. The summed E-state index contributed by atoms with van der Waals surface area (Å²) in [4.78, 5) is 28.5. The highest BCUT2D eigenvalue weighted by atomic mass is 35.5. The van der Waals surface area contributed by atoms with Crippen LogP contribution < -0.4 is 9.62 Å². The summed E-state index contributed by atoms with van der Waals surface area (Å²) in [7, 11) is -4.23. The van der Waals surface area contributed by atoms with Gasteiger partial charge in [-0.2, -0.15) is 0 Å². The quantitative estimate of drug-likeness (QED) is 0.340. The number of amides is 2. The van der Waals surface area contributed by atoms with Crippen molar-refractivity contribution in [2.24, 2.45) is 0 Å². The molecule has 208 valence electrons. The van der Waals surface area contributed by atoms with Gasteiger partial charge in [-0.25, -0.2) is 8.42 Å². The highest BCUT2D eigenvalue weighted by molar-refractivity contribution is 7.92. The van der Waals surface area contributed by atoms with Crippen molar-refractivity contribution >= 4 is 50.7 Å². The highest BCUT2D eigenvalue weighted by Gasteiger charge is 2.34. The monoisotopic (exact) mass is 589 g/mol. The number of benzene rings is 3. The van der Waals surface area contributed by atoms with Crippen LogP contribution in [-0.4, -0.2) is 43.3 Å². The van der Waals surface area contributed by atoms with Gasteiger partial charge in [0.05, 0.1) is 20.6 Å². The molecule has 0 bridgehead atoms. The van der Waals surface area contributed by atoms with Crippen LogP contribution in [0.2, 0.25) is 10.0 Å². The Bertz CT molecular complexity index is 1420. The van der Waals surface area contributed by atoms with Gasteiger partial charge in [-0.05, 0) is 64.4 Å². The SMILES string of the molecule is Cc1ccc(CN(C(=O)CN(c2cccc(Cl)c2Cl)S(=O)(=O)c2ccccc2)[C@H](C)C(=O)NC(C)(C)C)cc1. The van der Waals surface area contributed by atoms with Crippen molar-refractivity contribution in [1.29, 1.82) is 0 Å². The lowest BCUT2D eigenvalue weighted by molar-refractivity contribution is -0.140. The maximum absolute atomic E-state index is 13.9. The molecule has 0 radical (unpaired) electrons. The molecule has 0 unspecified atom stereocenters. The summed E-state index contributed by atoms with van der Waals surface area (Å²) in [6.45, 7) is 8.61. The third kappa shape index (κ3) is 7.75. The topological polar surface area (TPSA) is 86.8 Å². The van der Waals surface area contributed by atoms with E-state index in [0.717, 1.165) is 15.4 Å². The number of sulfonamides is 1. The molecule has 0 aromatic heterocycles. The number of rotatable bonds is 9. The van der Waals surface area contributed by atoms with Crippen molar-refractivity contribution in [2.75, 3.05) is 10.8 Å². The zero-order valence-corrected chi connectivity index (χ0v) is 24.9. The number of anilines is 1. The fourth-order valence-corrected chi connectivity index (χ4v) is 5.76. The average molecular weight is 591 g/mol. The Balaban J connectivity index is 2.06. The second kappa shape index (κ2) is 12.4. The molecule has 3 aromatic carbocycles. The third-order valence-electron chi connectivity index (χ3n) is 5.95. The van der Waals surface area contributed by atoms with Crippen LogP contribution in [0.5, 0.6) is 0 Å². The van der Waals surface area contributed by atoms with Gasteiger partial charge < -0.3 is 10.2 Å². The minimum atomic E-state index is -4.23. The Hall–Kier alpha value is -3.07. The fourth-order valence-electron chi connectivity index (χ4n) is 3.86. The van der Waals surface area contributed by atoms with Gasteiger partial charge in [0.2, 0.25) is 11.8 Å². The molecule has 0 saturated heterocycles. The number of hydrogen-bond acceptors (Lipinski definition) is 4. The van der Waals surface area contributed by atoms with Crippen LogP contribution in [0.3, 0.4) is 0 Å². The van der Waals surface area contributed by atoms with Crippen LogP contribution in [0, 0.1) is 6.92 Å². The molecule has 0 fully saturated rings. The number of aryl methyl sites for hydroxylation is 1. The number of nitrogens with one attached hydrogen (secondary N) is 1.